The van der Waals surface area contributed by atoms with E-state index >= 15 is 0 Å². The largest absolute Gasteiger partial charge is 0.322 e. The lowest BCUT2D eigenvalue weighted by atomic mass is 9.94. The first kappa shape index (κ1) is 20.1. The van der Waals surface area contributed by atoms with Crippen LogP contribution < -0.4 is 5.32 Å². The second-order valence-electron chi connectivity index (χ2n) is 7.77. The van der Waals surface area contributed by atoms with Gasteiger partial charge in [0.1, 0.15) is 0 Å². The smallest absolute Gasteiger partial charge is 0.256 e. The van der Waals surface area contributed by atoms with Gasteiger partial charge in [0, 0.05) is 21.7 Å². The molecule has 4 rings (SSSR count). The Hall–Kier alpha value is -3.17. The zero-order valence-electron chi connectivity index (χ0n) is 17.5. The number of carbonyl (C=O) groups excluding carboxylic acids is 1. The molecule has 4 heteroatoms. The van der Waals surface area contributed by atoms with E-state index in [1.807, 2.05) is 82.3 Å². The molecular formula is C26H23ClN2O. The number of pyridine rings is 1. The lowest BCUT2D eigenvalue weighted by molar-refractivity contribution is 0.102. The molecule has 1 N–H and O–H groups in total. The summed E-state index contributed by atoms with van der Waals surface area (Å²) in [5, 5.41) is 4.59. The maximum absolute atomic E-state index is 13.4. The van der Waals surface area contributed by atoms with Gasteiger partial charge in [0.25, 0.3) is 5.91 Å². The SMILES string of the molecule is Cc1ccc(NC(=O)c2c(C)c(-c3ccc(Cl)cc3)nc3c(C)cc(C)cc23)cc1. The normalized spacial score (nSPS) is 11.0. The third-order valence-electron chi connectivity index (χ3n) is 5.32. The van der Waals surface area contributed by atoms with Crippen molar-refractivity contribution in [3.63, 3.8) is 0 Å². The van der Waals surface area contributed by atoms with Gasteiger partial charge in [0.15, 0.2) is 0 Å². The van der Waals surface area contributed by atoms with Gasteiger partial charge in [-0.25, -0.2) is 4.98 Å². The maximum atomic E-state index is 13.4. The number of carbonyl (C=O) groups is 1. The monoisotopic (exact) mass is 414 g/mol. The van der Waals surface area contributed by atoms with Crippen LogP contribution in [0.1, 0.15) is 32.6 Å². The van der Waals surface area contributed by atoms with Crippen LogP contribution in [0.3, 0.4) is 0 Å². The van der Waals surface area contributed by atoms with Gasteiger partial charge in [-0.05, 0) is 69.2 Å². The number of hydrogen-bond donors (Lipinski definition) is 1. The van der Waals surface area contributed by atoms with Crippen molar-refractivity contribution in [1.29, 1.82) is 0 Å². The van der Waals surface area contributed by atoms with Gasteiger partial charge in [0.2, 0.25) is 0 Å². The molecule has 0 bridgehead atoms. The van der Waals surface area contributed by atoms with Crippen molar-refractivity contribution in [1.82, 2.24) is 4.98 Å². The Labute approximate surface area is 181 Å². The molecule has 0 spiro atoms. The Kier molecular flexibility index (Phi) is 5.31. The molecule has 1 heterocycles. The van der Waals surface area contributed by atoms with Crippen molar-refractivity contribution < 1.29 is 4.79 Å². The number of aromatic nitrogens is 1. The minimum atomic E-state index is -0.135. The van der Waals surface area contributed by atoms with E-state index < -0.39 is 0 Å². The van der Waals surface area contributed by atoms with Crippen molar-refractivity contribution in [2.24, 2.45) is 0 Å². The molecule has 3 aromatic carbocycles. The lowest BCUT2D eigenvalue weighted by Gasteiger charge is -2.17. The first-order valence-electron chi connectivity index (χ1n) is 9.89. The fraction of sp³-hybridized carbons (Fsp3) is 0.154. The van der Waals surface area contributed by atoms with E-state index in [1.165, 1.54) is 0 Å². The van der Waals surface area contributed by atoms with E-state index in [-0.39, 0.29) is 5.91 Å². The molecule has 0 aliphatic heterocycles. The van der Waals surface area contributed by atoms with Crippen molar-refractivity contribution in [2.75, 3.05) is 5.32 Å². The predicted octanol–water partition coefficient (Wildman–Crippen LogP) is 7.04. The van der Waals surface area contributed by atoms with Crippen LogP contribution in [0.15, 0.2) is 60.7 Å². The highest BCUT2D eigenvalue weighted by Gasteiger charge is 2.20. The van der Waals surface area contributed by atoms with Gasteiger partial charge in [-0.1, -0.05) is 53.1 Å². The number of rotatable bonds is 3. The fourth-order valence-corrected chi connectivity index (χ4v) is 3.95. The van der Waals surface area contributed by atoms with Gasteiger partial charge in [-0.2, -0.15) is 0 Å². The number of hydrogen-bond acceptors (Lipinski definition) is 2. The summed E-state index contributed by atoms with van der Waals surface area (Å²) in [4.78, 5) is 18.4. The topological polar surface area (TPSA) is 42.0 Å². The van der Waals surface area contributed by atoms with Gasteiger partial charge < -0.3 is 5.32 Å². The second kappa shape index (κ2) is 7.92. The van der Waals surface area contributed by atoms with E-state index in [0.29, 0.717) is 10.6 Å². The Morgan fingerprint density at radius 2 is 1.53 bits per heavy atom. The molecule has 4 aromatic rings. The number of nitrogens with one attached hydrogen (secondary N) is 1. The van der Waals surface area contributed by atoms with Gasteiger partial charge in [-0.3, -0.25) is 4.79 Å². The van der Waals surface area contributed by atoms with Crippen LogP contribution in [-0.2, 0) is 0 Å². The van der Waals surface area contributed by atoms with E-state index in [9.17, 15) is 4.79 Å². The fourth-order valence-electron chi connectivity index (χ4n) is 3.83. The Balaban J connectivity index is 1.93. The van der Waals surface area contributed by atoms with Crippen molar-refractivity contribution in [2.45, 2.75) is 27.7 Å². The first-order chi connectivity index (χ1) is 14.3. The molecule has 0 aliphatic carbocycles. The second-order valence-corrected chi connectivity index (χ2v) is 8.20. The summed E-state index contributed by atoms with van der Waals surface area (Å²) >= 11 is 6.08. The molecule has 30 heavy (non-hydrogen) atoms. The average Bonchev–Trinajstić information content (AvgIpc) is 2.70. The third-order valence-corrected chi connectivity index (χ3v) is 5.57. The van der Waals surface area contributed by atoms with E-state index in [4.69, 9.17) is 16.6 Å². The molecule has 0 radical (unpaired) electrons. The highest BCUT2D eigenvalue weighted by Crippen LogP contribution is 2.33. The van der Waals surface area contributed by atoms with Gasteiger partial charge >= 0.3 is 0 Å². The molecule has 3 nitrogen and oxygen atoms in total. The molecule has 0 saturated carbocycles. The van der Waals surface area contributed by atoms with Crippen LogP contribution in [0.2, 0.25) is 5.02 Å². The van der Waals surface area contributed by atoms with Gasteiger partial charge in [-0.15, -0.1) is 0 Å². The number of amides is 1. The van der Waals surface area contributed by atoms with Crippen LogP contribution >= 0.6 is 11.6 Å². The number of benzene rings is 3. The van der Waals surface area contributed by atoms with Crippen LogP contribution in [0, 0.1) is 27.7 Å². The van der Waals surface area contributed by atoms with E-state index in [1.54, 1.807) is 0 Å². The van der Waals surface area contributed by atoms with E-state index in [0.717, 1.165) is 50.1 Å². The maximum Gasteiger partial charge on any atom is 0.256 e. The number of halogens is 1. The Bertz CT molecular complexity index is 1260. The lowest BCUT2D eigenvalue weighted by Crippen LogP contribution is -2.15. The molecule has 1 amide bonds. The highest BCUT2D eigenvalue weighted by atomic mass is 35.5. The zero-order chi connectivity index (χ0) is 21.4. The summed E-state index contributed by atoms with van der Waals surface area (Å²) in [5.74, 6) is -0.135. The molecular weight excluding hydrogens is 392 g/mol. The van der Waals surface area contributed by atoms with Gasteiger partial charge in [0.05, 0.1) is 16.8 Å². The molecule has 0 unspecified atom stereocenters. The minimum Gasteiger partial charge on any atom is -0.322 e. The quantitative estimate of drug-likeness (QED) is 0.390. The molecule has 150 valence electrons. The molecule has 0 aliphatic rings. The number of aryl methyl sites for hydroxylation is 3. The Morgan fingerprint density at radius 3 is 2.20 bits per heavy atom. The number of nitrogens with zero attached hydrogens (tertiary/aromatic N) is 1. The number of fused-ring (bicyclic) bond motifs is 1. The molecule has 0 atom stereocenters. The predicted molar refractivity (Wildman–Crippen MR) is 126 cm³/mol. The van der Waals surface area contributed by atoms with E-state index in [2.05, 4.69) is 11.4 Å². The van der Waals surface area contributed by atoms with Crippen LogP contribution in [-0.4, -0.2) is 10.9 Å². The average molecular weight is 415 g/mol. The first-order valence-corrected chi connectivity index (χ1v) is 10.3. The Morgan fingerprint density at radius 1 is 0.867 bits per heavy atom. The minimum absolute atomic E-state index is 0.135. The highest BCUT2D eigenvalue weighted by molar-refractivity contribution is 6.30. The van der Waals surface area contributed by atoms with Crippen LogP contribution in [0.5, 0.6) is 0 Å². The van der Waals surface area contributed by atoms with Crippen LogP contribution in [0.4, 0.5) is 5.69 Å². The summed E-state index contributed by atoms with van der Waals surface area (Å²) in [6.45, 7) is 8.05. The molecule has 0 saturated heterocycles. The standard InChI is InChI=1S/C26H23ClN2O/c1-15-5-11-21(12-6-15)28-26(30)23-18(4)25(19-7-9-20(27)10-8-19)29-24-17(3)13-16(2)14-22(23)24/h5-14H,1-4H3,(H,28,30). The summed E-state index contributed by atoms with van der Waals surface area (Å²) in [5.41, 5.74) is 8.13. The molecule has 0 fully saturated rings. The number of anilines is 1. The summed E-state index contributed by atoms with van der Waals surface area (Å²) < 4.78 is 0. The van der Waals surface area contributed by atoms with Crippen molar-refractivity contribution in [3.8, 4) is 11.3 Å². The van der Waals surface area contributed by atoms with Crippen molar-refractivity contribution in [3.05, 3.63) is 93.5 Å². The summed E-state index contributed by atoms with van der Waals surface area (Å²) in [7, 11) is 0. The summed E-state index contributed by atoms with van der Waals surface area (Å²) in [6, 6.07) is 19.5. The summed E-state index contributed by atoms with van der Waals surface area (Å²) in [6.07, 6.45) is 0. The van der Waals surface area contributed by atoms with Crippen LogP contribution in [0.25, 0.3) is 22.2 Å². The van der Waals surface area contributed by atoms with Crippen molar-refractivity contribution >= 4 is 34.1 Å². The molecule has 1 aromatic heterocycles. The zero-order valence-corrected chi connectivity index (χ0v) is 18.3. The third kappa shape index (κ3) is 3.81.